The topological polar surface area (TPSA) is 43.9 Å². The number of thioether (sulfide) groups is 1. The van der Waals surface area contributed by atoms with E-state index in [-0.39, 0.29) is 5.82 Å². The quantitative estimate of drug-likeness (QED) is 0.708. The van der Waals surface area contributed by atoms with Crippen molar-refractivity contribution >= 4 is 11.8 Å². The first-order chi connectivity index (χ1) is 11.3. The summed E-state index contributed by atoms with van der Waals surface area (Å²) in [5.74, 6) is 2.18. The number of rotatable bonds is 5. The molecule has 4 nitrogen and oxygen atoms in total. The molecule has 23 heavy (non-hydrogen) atoms. The summed E-state index contributed by atoms with van der Waals surface area (Å²) in [5, 5.41) is 8.65. The van der Waals surface area contributed by atoms with Crippen LogP contribution in [-0.2, 0) is 24.5 Å². The summed E-state index contributed by atoms with van der Waals surface area (Å²) in [6.45, 7) is 1.04. The summed E-state index contributed by atoms with van der Waals surface area (Å²) in [6, 6.07) is 10.4. The van der Waals surface area contributed by atoms with Crippen molar-refractivity contribution in [3.05, 3.63) is 59.4 Å². The predicted octanol–water partition coefficient (Wildman–Crippen LogP) is 4.06. The first-order valence-corrected chi connectivity index (χ1v) is 8.78. The Balaban J connectivity index is 1.35. The lowest BCUT2D eigenvalue weighted by molar-refractivity contribution is 0.397. The van der Waals surface area contributed by atoms with E-state index >= 15 is 0 Å². The van der Waals surface area contributed by atoms with Crippen LogP contribution in [-0.4, -0.2) is 14.9 Å². The fourth-order valence-corrected chi connectivity index (χ4v) is 3.57. The summed E-state index contributed by atoms with van der Waals surface area (Å²) in [6.07, 6.45) is 2.35. The number of nitrogens with zero attached hydrogens (tertiary/aromatic N) is 3. The number of hydrogen-bond donors (Lipinski definition) is 0. The molecule has 0 radical (unpaired) electrons. The van der Waals surface area contributed by atoms with Crippen molar-refractivity contribution in [1.29, 1.82) is 0 Å². The van der Waals surface area contributed by atoms with Crippen molar-refractivity contribution in [2.45, 2.75) is 30.9 Å². The zero-order valence-electron chi connectivity index (χ0n) is 12.5. The molecule has 0 unspecified atom stereocenters. The number of aryl methyl sites for hydroxylation is 2. The van der Waals surface area contributed by atoms with Gasteiger partial charge in [0, 0.05) is 29.6 Å². The molecular weight excluding hydrogens is 313 g/mol. The van der Waals surface area contributed by atoms with Crippen LogP contribution in [0.5, 0.6) is 0 Å². The summed E-state index contributed by atoms with van der Waals surface area (Å²) >= 11 is 1.76. The monoisotopic (exact) mass is 329 g/mol. The summed E-state index contributed by atoms with van der Waals surface area (Å²) < 4.78 is 20.4. The van der Waals surface area contributed by atoms with Gasteiger partial charge in [0.05, 0.1) is 11.4 Å². The molecule has 3 heterocycles. The van der Waals surface area contributed by atoms with Gasteiger partial charge in [0.15, 0.2) is 0 Å². The van der Waals surface area contributed by atoms with Gasteiger partial charge in [0.25, 0.3) is 0 Å². The van der Waals surface area contributed by atoms with Crippen molar-refractivity contribution in [3.63, 3.8) is 0 Å². The summed E-state index contributed by atoms with van der Waals surface area (Å²) in [7, 11) is 0. The number of halogens is 1. The number of aromatic nitrogens is 3. The van der Waals surface area contributed by atoms with Crippen LogP contribution in [0.4, 0.5) is 4.39 Å². The van der Waals surface area contributed by atoms with Crippen molar-refractivity contribution in [3.8, 4) is 11.3 Å². The van der Waals surface area contributed by atoms with E-state index in [0.29, 0.717) is 0 Å². The Morgan fingerprint density at radius 3 is 2.87 bits per heavy atom. The van der Waals surface area contributed by atoms with E-state index in [2.05, 4.69) is 21.0 Å². The largest absolute Gasteiger partial charge is 0.360 e. The number of hydrogen-bond acceptors (Lipinski definition) is 4. The highest BCUT2D eigenvalue weighted by Gasteiger charge is 2.13. The predicted molar refractivity (Wildman–Crippen MR) is 87.4 cm³/mol. The summed E-state index contributed by atoms with van der Waals surface area (Å²) in [5.41, 5.74) is 4.07. The van der Waals surface area contributed by atoms with Gasteiger partial charge in [-0.15, -0.1) is 11.8 Å². The van der Waals surface area contributed by atoms with Crippen molar-refractivity contribution < 1.29 is 8.91 Å². The highest BCUT2D eigenvalue weighted by molar-refractivity contribution is 7.97. The van der Waals surface area contributed by atoms with Crippen molar-refractivity contribution in [1.82, 2.24) is 14.9 Å². The van der Waals surface area contributed by atoms with Crippen LogP contribution in [0.15, 0.2) is 40.9 Å². The molecule has 6 heteroatoms. The SMILES string of the molecule is Fc1ccc(-c2cc(CSCc3cc4n(n3)CCC4)on2)cc1. The Morgan fingerprint density at radius 2 is 2.04 bits per heavy atom. The minimum atomic E-state index is -0.250. The minimum Gasteiger partial charge on any atom is -0.360 e. The van der Waals surface area contributed by atoms with Crippen LogP contribution in [0, 0.1) is 5.82 Å². The second-order valence-electron chi connectivity index (χ2n) is 5.63. The summed E-state index contributed by atoms with van der Waals surface area (Å²) in [4.78, 5) is 0. The van der Waals surface area contributed by atoms with E-state index in [0.717, 1.165) is 47.2 Å². The lowest BCUT2D eigenvalue weighted by Gasteiger charge is -1.96. The van der Waals surface area contributed by atoms with E-state index in [9.17, 15) is 4.39 Å². The Kier molecular flexibility index (Phi) is 3.91. The fraction of sp³-hybridized carbons (Fsp3) is 0.294. The first kappa shape index (κ1) is 14.5. The Bertz CT molecular complexity index is 788. The zero-order chi connectivity index (χ0) is 15.6. The van der Waals surface area contributed by atoms with Crippen LogP contribution >= 0.6 is 11.8 Å². The molecule has 0 saturated carbocycles. The third-order valence-corrected chi connectivity index (χ3v) is 4.90. The molecule has 0 bridgehead atoms. The molecule has 0 spiro atoms. The van der Waals surface area contributed by atoms with Gasteiger partial charge in [-0.1, -0.05) is 5.16 Å². The molecular formula is C17H16FN3OS. The molecule has 0 N–H and O–H groups in total. The minimum absolute atomic E-state index is 0.250. The number of fused-ring (bicyclic) bond motifs is 1. The van der Waals surface area contributed by atoms with Crippen molar-refractivity contribution in [2.75, 3.05) is 0 Å². The molecule has 0 aliphatic carbocycles. The average Bonchev–Trinajstić information content (AvgIpc) is 3.24. The second kappa shape index (κ2) is 6.20. The Labute approximate surface area is 137 Å². The van der Waals surface area contributed by atoms with Crippen LogP contribution < -0.4 is 0 Å². The van der Waals surface area contributed by atoms with E-state index in [1.54, 1.807) is 23.9 Å². The van der Waals surface area contributed by atoms with Gasteiger partial charge in [-0.3, -0.25) is 4.68 Å². The maximum absolute atomic E-state index is 12.9. The molecule has 1 aromatic carbocycles. The third kappa shape index (κ3) is 3.17. The van der Waals surface area contributed by atoms with Crippen LogP contribution in [0.1, 0.15) is 23.6 Å². The lowest BCUT2D eigenvalue weighted by atomic mass is 10.1. The van der Waals surface area contributed by atoms with Gasteiger partial charge < -0.3 is 4.52 Å². The zero-order valence-corrected chi connectivity index (χ0v) is 13.4. The van der Waals surface area contributed by atoms with E-state index in [1.165, 1.54) is 24.2 Å². The molecule has 0 amide bonds. The standard InChI is InChI=1S/C17H16FN3OS/c18-13-5-3-12(4-6-13)17-9-16(22-20-17)11-23-10-14-8-15-2-1-7-21(15)19-14/h3-6,8-9H,1-2,7,10-11H2. The fourth-order valence-electron chi connectivity index (χ4n) is 2.78. The molecule has 0 saturated heterocycles. The maximum Gasteiger partial charge on any atom is 0.147 e. The van der Waals surface area contributed by atoms with Gasteiger partial charge in [-0.2, -0.15) is 5.10 Å². The Hall–Kier alpha value is -2.08. The van der Waals surface area contributed by atoms with E-state index < -0.39 is 0 Å². The van der Waals surface area contributed by atoms with Gasteiger partial charge in [-0.05, 0) is 43.2 Å². The van der Waals surface area contributed by atoms with E-state index in [4.69, 9.17) is 4.52 Å². The molecule has 0 atom stereocenters. The molecule has 118 valence electrons. The van der Waals surface area contributed by atoms with Gasteiger partial charge in [-0.25, -0.2) is 4.39 Å². The Morgan fingerprint density at radius 1 is 1.17 bits per heavy atom. The van der Waals surface area contributed by atoms with Gasteiger partial charge in [0.2, 0.25) is 0 Å². The highest BCUT2D eigenvalue weighted by Crippen LogP contribution is 2.24. The first-order valence-electron chi connectivity index (χ1n) is 7.63. The molecule has 1 aliphatic rings. The number of benzene rings is 1. The molecule has 2 aromatic heterocycles. The second-order valence-corrected chi connectivity index (χ2v) is 6.62. The van der Waals surface area contributed by atoms with Crippen LogP contribution in [0.25, 0.3) is 11.3 Å². The van der Waals surface area contributed by atoms with E-state index in [1.807, 2.05) is 6.07 Å². The normalized spacial score (nSPS) is 13.4. The smallest absolute Gasteiger partial charge is 0.147 e. The molecule has 0 fully saturated rings. The molecule has 3 aromatic rings. The van der Waals surface area contributed by atoms with Gasteiger partial charge >= 0.3 is 0 Å². The van der Waals surface area contributed by atoms with Crippen LogP contribution in [0.3, 0.4) is 0 Å². The highest BCUT2D eigenvalue weighted by atomic mass is 32.2. The molecule has 4 rings (SSSR count). The lowest BCUT2D eigenvalue weighted by Crippen LogP contribution is -1.95. The molecule has 1 aliphatic heterocycles. The third-order valence-electron chi connectivity index (χ3n) is 3.91. The van der Waals surface area contributed by atoms with Crippen molar-refractivity contribution in [2.24, 2.45) is 0 Å². The maximum atomic E-state index is 12.9. The van der Waals surface area contributed by atoms with Gasteiger partial charge in [0.1, 0.15) is 17.3 Å². The van der Waals surface area contributed by atoms with Crippen LogP contribution in [0.2, 0.25) is 0 Å². The average molecular weight is 329 g/mol.